The van der Waals surface area contributed by atoms with Crippen molar-refractivity contribution in [1.29, 1.82) is 0 Å². The summed E-state index contributed by atoms with van der Waals surface area (Å²) in [6.45, 7) is 3.05. The van der Waals surface area contributed by atoms with Gasteiger partial charge in [-0.2, -0.15) is 0 Å². The van der Waals surface area contributed by atoms with Crippen molar-refractivity contribution in [1.82, 2.24) is 14.9 Å². The fourth-order valence-electron chi connectivity index (χ4n) is 3.11. The van der Waals surface area contributed by atoms with Crippen molar-refractivity contribution in [3.63, 3.8) is 0 Å². The molecule has 1 aliphatic heterocycles. The number of ketones is 1. The van der Waals surface area contributed by atoms with Gasteiger partial charge in [0.25, 0.3) is 0 Å². The maximum Gasteiger partial charge on any atom is 0.409 e. The fraction of sp³-hybridized carbons (Fsp3) is 0.400. The maximum absolute atomic E-state index is 12.8. The maximum atomic E-state index is 12.8. The zero-order valence-electron chi connectivity index (χ0n) is 16.4. The van der Waals surface area contributed by atoms with E-state index in [9.17, 15) is 9.59 Å². The molecular weight excluding hydrogens is 374 g/mol. The van der Waals surface area contributed by atoms with Gasteiger partial charge in [-0.3, -0.25) is 4.79 Å². The van der Waals surface area contributed by atoms with Gasteiger partial charge in [-0.05, 0) is 30.7 Å². The molecule has 1 amide bonds. The van der Waals surface area contributed by atoms with E-state index in [1.807, 2.05) is 6.07 Å². The molecule has 1 fully saturated rings. The number of carbonyl (C=O) groups excluding carboxylic acids is 2. The predicted molar refractivity (Wildman–Crippen MR) is 112 cm³/mol. The van der Waals surface area contributed by atoms with Crippen molar-refractivity contribution < 1.29 is 21.9 Å². The zero-order valence-corrected chi connectivity index (χ0v) is 16.4. The number of hydrogen-bond acceptors (Lipinski definition) is 8. The normalized spacial score (nSPS) is 14.4. The van der Waals surface area contributed by atoms with Crippen molar-refractivity contribution in [3.8, 4) is 0 Å². The van der Waals surface area contributed by atoms with Crippen LogP contribution in [0.4, 0.5) is 16.4 Å². The molecule has 2 aromatic heterocycles. The molecule has 0 unspecified atom stereocenters. The molecule has 0 bridgehead atoms. The fourth-order valence-corrected chi connectivity index (χ4v) is 3.11. The first-order valence-electron chi connectivity index (χ1n) is 9.48. The summed E-state index contributed by atoms with van der Waals surface area (Å²) in [5.74, 6) is 0.602. The number of nitrogens with two attached hydrogens (primary N) is 1. The predicted octanol–water partition coefficient (Wildman–Crippen LogP) is 2.08. The van der Waals surface area contributed by atoms with Crippen LogP contribution in [-0.4, -0.2) is 73.2 Å². The van der Waals surface area contributed by atoms with Crippen molar-refractivity contribution in [3.05, 3.63) is 47.8 Å². The lowest BCUT2D eigenvalue weighted by molar-refractivity contribution is 0.0733. The molecule has 2 N–H and O–H groups in total. The van der Waals surface area contributed by atoms with Gasteiger partial charge in [0.2, 0.25) is 5.78 Å². The highest BCUT2D eigenvalue weighted by molar-refractivity contribution is 6.10. The Hall–Kier alpha value is -3.20. The second-order valence-corrected chi connectivity index (χ2v) is 6.58. The first-order chi connectivity index (χ1) is 14.1. The number of hydrogen-bond donors (Lipinski definition) is 1. The summed E-state index contributed by atoms with van der Waals surface area (Å²) >= 11 is 0. The number of aromatic nitrogens is 2. The molecule has 1 saturated heterocycles. The Morgan fingerprint density at radius 2 is 2.00 bits per heavy atom. The molecule has 3 rings (SSSR count). The SMILES string of the molecule is COCCOC(=O)N1CCCN(c2cccc(C(=O)c3cccnc3N)n2)CC1.[HH].[HH]. The van der Waals surface area contributed by atoms with E-state index in [1.165, 1.54) is 0 Å². The van der Waals surface area contributed by atoms with Crippen LogP contribution in [0.15, 0.2) is 36.5 Å². The summed E-state index contributed by atoms with van der Waals surface area (Å²) in [7, 11) is 1.56. The van der Waals surface area contributed by atoms with Gasteiger partial charge in [0.05, 0.1) is 12.2 Å². The van der Waals surface area contributed by atoms with Crippen molar-refractivity contribution in [2.45, 2.75) is 6.42 Å². The van der Waals surface area contributed by atoms with Crippen LogP contribution in [0.3, 0.4) is 0 Å². The number of carbonyl (C=O) groups is 2. The summed E-state index contributed by atoms with van der Waals surface area (Å²) in [4.78, 5) is 37.1. The molecule has 29 heavy (non-hydrogen) atoms. The largest absolute Gasteiger partial charge is 0.447 e. The van der Waals surface area contributed by atoms with E-state index in [1.54, 1.807) is 42.5 Å². The van der Waals surface area contributed by atoms with Gasteiger partial charge in [-0.15, -0.1) is 0 Å². The third-order valence-corrected chi connectivity index (χ3v) is 4.64. The van der Waals surface area contributed by atoms with Crippen molar-refractivity contribution in [2.75, 3.05) is 57.1 Å². The van der Waals surface area contributed by atoms with E-state index in [0.717, 1.165) is 13.0 Å². The molecular formula is C20H29N5O4. The lowest BCUT2D eigenvalue weighted by atomic mass is 10.1. The van der Waals surface area contributed by atoms with Gasteiger partial charge < -0.3 is 25.0 Å². The molecule has 0 spiro atoms. The molecule has 0 aromatic carbocycles. The average molecular weight is 403 g/mol. The van der Waals surface area contributed by atoms with Gasteiger partial charge in [-0.1, -0.05) is 6.07 Å². The van der Waals surface area contributed by atoms with E-state index in [2.05, 4.69) is 14.9 Å². The number of nitrogens with zero attached hydrogens (tertiary/aromatic N) is 4. The molecule has 0 radical (unpaired) electrons. The summed E-state index contributed by atoms with van der Waals surface area (Å²) < 4.78 is 10.1. The van der Waals surface area contributed by atoms with Crippen molar-refractivity contribution in [2.24, 2.45) is 0 Å². The molecule has 9 nitrogen and oxygen atoms in total. The number of anilines is 2. The quantitative estimate of drug-likeness (QED) is 0.576. The molecule has 0 atom stereocenters. The topological polar surface area (TPSA) is 111 Å². The minimum absolute atomic E-state index is 0. The highest BCUT2D eigenvalue weighted by Gasteiger charge is 2.22. The second kappa shape index (κ2) is 9.83. The first-order valence-corrected chi connectivity index (χ1v) is 9.48. The minimum Gasteiger partial charge on any atom is -0.447 e. The minimum atomic E-state index is -0.340. The van der Waals surface area contributed by atoms with Gasteiger partial charge in [0, 0.05) is 42.3 Å². The van der Waals surface area contributed by atoms with Gasteiger partial charge in [-0.25, -0.2) is 14.8 Å². The van der Waals surface area contributed by atoms with Gasteiger partial charge in [0.1, 0.15) is 23.9 Å². The first kappa shape index (κ1) is 20.5. The standard InChI is InChI=1S/C20H25N5O4.2H2/c1-28-13-14-29-20(27)25-10-4-9-24(11-12-25)17-7-2-6-16(23-17)18(26)15-5-3-8-22-19(15)21;;/h2-3,5-8H,4,9-14H2,1H3,(H2,21,22);2*1H. The number of nitrogen functional groups attached to an aromatic ring is 1. The summed E-state index contributed by atoms with van der Waals surface area (Å²) in [6, 6.07) is 8.62. The Labute approximate surface area is 172 Å². The van der Waals surface area contributed by atoms with E-state index in [0.29, 0.717) is 43.3 Å². The summed E-state index contributed by atoms with van der Waals surface area (Å²) in [5.41, 5.74) is 6.46. The molecule has 1 aliphatic rings. The van der Waals surface area contributed by atoms with E-state index >= 15 is 0 Å². The Morgan fingerprint density at radius 1 is 1.14 bits per heavy atom. The Balaban J connectivity index is 0.00000240. The van der Waals surface area contributed by atoms with Crippen LogP contribution >= 0.6 is 0 Å². The van der Waals surface area contributed by atoms with Crippen LogP contribution in [0.25, 0.3) is 0 Å². The summed E-state index contributed by atoms with van der Waals surface area (Å²) in [5, 5.41) is 0. The van der Waals surface area contributed by atoms with Gasteiger partial charge in [0.15, 0.2) is 0 Å². The third kappa shape index (κ3) is 5.20. The van der Waals surface area contributed by atoms with Crippen LogP contribution in [0.1, 0.15) is 25.3 Å². The molecule has 3 heterocycles. The number of rotatable bonds is 6. The van der Waals surface area contributed by atoms with Crippen LogP contribution < -0.4 is 10.6 Å². The molecule has 158 valence electrons. The second-order valence-electron chi connectivity index (χ2n) is 6.58. The number of ether oxygens (including phenoxy) is 2. The third-order valence-electron chi connectivity index (χ3n) is 4.64. The van der Waals surface area contributed by atoms with E-state index in [-0.39, 0.29) is 27.2 Å². The smallest absolute Gasteiger partial charge is 0.409 e. The average Bonchev–Trinajstić information content (AvgIpc) is 3.00. The Bertz CT molecular complexity index is 871. The monoisotopic (exact) mass is 403 g/mol. The van der Waals surface area contributed by atoms with Crippen LogP contribution in [0.5, 0.6) is 0 Å². The number of methoxy groups -OCH3 is 1. The van der Waals surface area contributed by atoms with Crippen LogP contribution in [0, 0.1) is 0 Å². The summed E-state index contributed by atoms with van der Waals surface area (Å²) in [6.07, 6.45) is 1.97. The van der Waals surface area contributed by atoms with Crippen molar-refractivity contribution >= 4 is 23.5 Å². The van der Waals surface area contributed by atoms with E-state index < -0.39 is 0 Å². The number of pyridine rings is 2. The highest BCUT2D eigenvalue weighted by atomic mass is 16.6. The molecule has 2 aromatic rings. The Morgan fingerprint density at radius 3 is 2.79 bits per heavy atom. The van der Waals surface area contributed by atoms with Crippen LogP contribution in [-0.2, 0) is 9.47 Å². The lowest BCUT2D eigenvalue weighted by Gasteiger charge is -2.23. The lowest BCUT2D eigenvalue weighted by Crippen LogP contribution is -2.36. The molecule has 9 heteroatoms. The molecule has 0 aliphatic carbocycles. The molecule has 0 saturated carbocycles. The van der Waals surface area contributed by atoms with E-state index in [4.69, 9.17) is 15.2 Å². The number of amides is 1. The zero-order chi connectivity index (χ0) is 20.6. The highest BCUT2D eigenvalue weighted by Crippen LogP contribution is 2.18. The Kier molecular flexibility index (Phi) is 6.96. The van der Waals surface area contributed by atoms with Crippen LogP contribution in [0.2, 0.25) is 0 Å². The van der Waals surface area contributed by atoms with Gasteiger partial charge >= 0.3 is 6.09 Å².